The van der Waals surface area contributed by atoms with E-state index in [0.717, 1.165) is 31.7 Å². The summed E-state index contributed by atoms with van der Waals surface area (Å²) in [6, 6.07) is 6.23. The maximum atomic E-state index is 6.24. The van der Waals surface area contributed by atoms with Crippen LogP contribution in [0.15, 0.2) is 18.2 Å². The molecule has 1 atom stereocenters. The molecular formula is C16H26ClNO2. The molecule has 1 N–H and O–H groups in total. The standard InChI is InChI=1S/C16H26ClNO2/c1-4-6-9-19-10-11-20-16-8-7-14(12-15(16)17)13(3)18-5-2/h7-8,12-13,18H,4-6,9-11H2,1-3H3. The second-order valence-corrected chi connectivity index (χ2v) is 5.19. The number of benzene rings is 1. The number of ether oxygens (including phenoxy) is 2. The minimum absolute atomic E-state index is 0.295. The molecular weight excluding hydrogens is 274 g/mol. The molecule has 0 bridgehead atoms. The van der Waals surface area contributed by atoms with Crippen molar-refractivity contribution in [2.24, 2.45) is 0 Å². The van der Waals surface area contributed by atoms with Gasteiger partial charge in [0.1, 0.15) is 12.4 Å². The van der Waals surface area contributed by atoms with Gasteiger partial charge in [0.2, 0.25) is 0 Å². The van der Waals surface area contributed by atoms with Crippen LogP contribution in [0.3, 0.4) is 0 Å². The number of hydrogen-bond donors (Lipinski definition) is 1. The van der Waals surface area contributed by atoms with Crippen molar-refractivity contribution in [3.05, 3.63) is 28.8 Å². The molecule has 0 heterocycles. The summed E-state index contributed by atoms with van der Waals surface area (Å²) in [4.78, 5) is 0. The molecule has 0 aliphatic heterocycles. The van der Waals surface area contributed by atoms with E-state index in [1.54, 1.807) is 0 Å². The van der Waals surface area contributed by atoms with Gasteiger partial charge in [-0.1, -0.05) is 37.9 Å². The molecule has 1 aromatic rings. The molecule has 0 fully saturated rings. The first-order valence-electron chi connectivity index (χ1n) is 7.42. The van der Waals surface area contributed by atoms with Crippen LogP contribution in [-0.4, -0.2) is 26.4 Å². The van der Waals surface area contributed by atoms with E-state index >= 15 is 0 Å². The Morgan fingerprint density at radius 1 is 1.20 bits per heavy atom. The summed E-state index contributed by atoms with van der Waals surface area (Å²) in [7, 11) is 0. The zero-order valence-corrected chi connectivity index (χ0v) is 13.5. The number of halogens is 1. The van der Waals surface area contributed by atoms with Gasteiger partial charge in [0, 0.05) is 12.6 Å². The largest absolute Gasteiger partial charge is 0.490 e. The molecule has 0 saturated heterocycles. The lowest BCUT2D eigenvalue weighted by atomic mass is 10.1. The Hall–Kier alpha value is -0.770. The Balaban J connectivity index is 2.39. The van der Waals surface area contributed by atoms with E-state index in [-0.39, 0.29) is 0 Å². The highest BCUT2D eigenvalue weighted by Crippen LogP contribution is 2.27. The monoisotopic (exact) mass is 299 g/mol. The van der Waals surface area contributed by atoms with Crippen molar-refractivity contribution < 1.29 is 9.47 Å². The van der Waals surface area contributed by atoms with Gasteiger partial charge in [-0.2, -0.15) is 0 Å². The number of hydrogen-bond acceptors (Lipinski definition) is 3. The summed E-state index contributed by atoms with van der Waals surface area (Å²) < 4.78 is 11.1. The predicted octanol–water partition coefficient (Wildman–Crippen LogP) is 4.21. The minimum atomic E-state index is 0.295. The first-order chi connectivity index (χ1) is 9.69. The highest BCUT2D eigenvalue weighted by molar-refractivity contribution is 6.32. The summed E-state index contributed by atoms with van der Waals surface area (Å²) in [5.74, 6) is 0.721. The fourth-order valence-electron chi connectivity index (χ4n) is 1.89. The lowest BCUT2D eigenvalue weighted by Crippen LogP contribution is -2.17. The second-order valence-electron chi connectivity index (χ2n) is 4.78. The molecule has 114 valence electrons. The topological polar surface area (TPSA) is 30.5 Å². The highest BCUT2D eigenvalue weighted by Gasteiger charge is 2.08. The average molecular weight is 300 g/mol. The van der Waals surface area contributed by atoms with Gasteiger partial charge in [-0.3, -0.25) is 0 Å². The van der Waals surface area contributed by atoms with E-state index in [0.29, 0.717) is 24.3 Å². The lowest BCUT2D eigenvalue weighted by Gasteiger charge is -2.15. The van der Waals surface area contributed by atoms with E-state index in [9.17, 15) is 0 Å². The molecule has 0 aromatic heterocycles. The van der Waals surface area contributed by atoms with Gasteiger partial charge < -0.3 is 14.8 Å². The Kier molecular flexibility index (Phi) is 8.67. The third-order valence-corrected chi connectivity index (χ3v) is 3.39. The van der Waals surface area contributed by atoms with Gasteiger partial charge in [-0.15, -0.1) is 0 Å². The second kappa shape index (κ2) is 10.0. The maximum absolute atomic E-state index is 6.24. The molecule has 0 amide bonds. The Morgan fingerprint density at radius 3 is 2.65 bits per heavy atom. The molecule has 0 aliphatic rings. The van der Waals surface area contributed by atoms with E-state index in [4.69, 9.17) is 21.1 Å². The molecule has 0 aliphatic carbocycles. The van der Waals surface area contributed by atoms with Crippen molar-refractivity contribution in [1.29, 1.82) is 0 Å². The Bertz CT molecular complexity index is 385. The van der Waals surface area contributed by atoms with E-state index in [1.807, 2.05) is 18.2 Å². The third-order valence-electron chi connectivity index (χ3n) is 3.09. The van der Waals surface area contributed by atoms with Crippen molar-refractivity contribution in [3.8, 4) is 5.75 Å². The average Bonchev–Trinajstić information content (AvgIpc) is 2.44. The molecule has 1 rings (SSSR count). The van der Waals surface area contributed by atoms with Crippen molar-refractivity contribution in [3.63, 3.8) is 0 Å². The van der Waals surface area contributed by atoms with Gasteiger partial charge in [0.05, 0.1) is 11.6 Å². The smallest absolute Gasteiger partial charge is 0.138 e. The summed E-state index contributed by atoms with van der Waals surface area (Å²) >= 11 is 6.24. The van der Waals surface area contributed by atoms with Crippen LogP contribution < -0.4 is 10.1 Å². The quantitative estimate of drug-likeness (QED) is 0.657. The fraction of sp³-hybridized carbons (Fsp3) is 0.625. The summed E-state index contributed by atoms with van der Waals surface area (Å²) in [5, 5.41) is 4.01. The number of rotatable bonds is 10. The van der Waals surface area contributed by atoms with Crippen LogP contribution in [0.5, 0.6) is 5.75 Å². The predicted molar refractivity (Wildman–Crippen MR) is 84.8 cm³/mol. The molecule has 0 spiro atoms. The van der Waals surface area contributed by atoms with Gasteiger partial charge in [-0.25, -0.2) is 0 Å². The van der Waals surface area contributed by atoms with Crippen LogP contribution in [0.2, 0.25) is 5.02 Å². The number of unbranched alkanes of at least 4 members (excludes halogenated alkanes) is 1. The van der Waals surface area contributed by atoms with Crippen LogP contribution in [0, 0.1) is 0 Å². The molecule has 3 nitrogen and oxygen atoms in total. The van der Waals surface area contributed by atoms with Crippen molar-refractivity contribution in [2.45, 2.75) is 39.7 Å². The molecule has 20 heavy (non-hydrogen) atoms. The van der Waals surface area contributed by atoms with Crippen LogP contribution in [-0.2, 0) is 4.74 Å². The normalized spacial score (nSPS) is 12.4. The molecule has 0 saturated carbocycles. The summed E-state index contributed by atoms with van der Waals surface area (Å²) in [5.41, 5.74) is 1.17. The van der Waals surface area contributed by atoms with Crippen molar-refractivity contribution >= 4 is 11.6 Å². The first kappa shape index (κ1) is 17.3. The van der Waals surface area contributed by atoms with E-state index < -0.39 is 0 Å². The summed E-state index contributed by atoms with van der Waals surface area (Å²) in [6.07, 6.45) is 2.25. The van der Waals surface area contributed by atoms with Gasteiger partial charge in [0.25, 0.3) is 0 Å². The highest BCUT2D eigenvalue weighted by atomic mass is 35.5. The fourth-order valence-corrected chi connectivity index (χ4v) is 2.13. The SMILES string of the molecule is CCCCOCCOc1ccc(C(C)NCC)cc1Cl. The van der Waals surface area contributed by atoms with Gasteiger partial charge in [0.15, 0.2) is 0 Å². The Morgan fingerprint density at radius 2 is 2.00 bits per heavy atom. The molecule has 0 radical (unpaired) electrons. The maximum Gasteiger partial charge on any atom is 0.138 e. The third kappa shape index (κ3) is 6.12. The molecule has 1 aromatic carbocycles. The van der Waals surface area contributed by atoms with Crippen LogP contribution >= 0.6 is 11.6 Å². The molecule has 1 unspecified atom stereocenters. The van der Waals surface area contributed by atoms with Crippen molar-refractivity contribution in [1.82, 2.24) is 5.32 Å². The van der Waals surface area contributed by atoms with Gasteiger partial charge in [-0.05, 0) is 37.6 Å². The first-order valence-corrected chi connectivity index (χ1v) is 7.80. The zero-order chi connectivity index (χ0) is 14.8. The van der Waals surface area contributed by atoms with Crippen LogP contribution in [0.1, 0.15) is 45.2 Å². The number of nitrogens with one attached hydrogen (secondary N) is 1. The Labute approximate surface area is 127 Å². The van der Waals surface area contributed by atoms with Gasteiger partial charge >= 0.3 is 0 Å². The van der Waals surface area contributed by atoms with E-state index in [1.165, 1.54) is 5.56 Å². The molecule has 4 heteroatoms. The van der Waals surface area contributed by atoms with E-state index in [2.05, 4.69) is 26.1 Å². The van der Waals surface area contributed by atoms with Crippen LogP contribution in [0.25, 0.3) is 0 Å². The lowest BCUT2D eigenvalue weighted by molar-refractivity contribution is 0.0981. The van der Waals surface area contributed by atoms with Crippen LogP contribution in [0.4, 0.5) is 0 Å². The zero-order valence-electron chi connectivity index (χ0n) is 12.7. The summed E-state index contributed by atoms with van der Waals surface area (Å²) in [6.45, 7) is 9.23. The minimum Gasteiger partial charge on any atom is -0.490 e. The van der Waals surface area contributed by atoms with Crippen molar-refractivity contribution in [2.75, 3.05) is 26.4 Å².